The summed E-state index contributed by atoms with van der Waals surface area (Å²) in [4.78, 5) is 22.2. The number of nitrogens with zero attached hydrogens (tertiary/aromatic N) is 5. The average Bonchev–Trinajstić information content (AvgIpc) is 3.26. The monoisotopic (exact) mass is 494 g/mol. The Labute approximate surface area is 205 Å². The highest BCUT2D eigenvalue weighted by molar-refractivity contribution is 7.98. The molecule has 0 aliphatic carbocycles. The highest BCUT2D eigenvalue weighted by Gasteiger charge is 2.23. The van der Waals surface area contributed by atoms with Gasteiger partial charge in [-0.25, -0.2) is 19.0 Å². The lowest BCUT2D eigenvalue weighted by molar-refractivity contribution is 0.102. The van der Waals surface area contributed by atoms with Gasteiger partial charge in [-0.05, 0) is 56.3 Å². The molecule has 0 fully saturated rings. The van der Waals surface area contributed by atoms with E-state index in [1.165, 1.54) is 42.8 Å². The number of nitrogens with one attached hydrogen (secondary N) is 1. The molecular weight excluding hydrogens is 471 g/mol. The highest BCUT2D eigenvalue weighted by atomic mass is 32.2. The first-order chi connectivity index (χ1) is 16.9. The molecule has 1 amide bonds. The second kappa shape index (κ2) is 10.5. The molecule has 2 aromatic heterocycles. The Morgan fingerprint density at radius 2 is 1.74 bits per heavy atom. The third kappa shape index (κ3) is 5.57. The maximum Gasteiger partial charge on any atom is 0.278 e. The Balaban J connectivity index is 1.69. The van der Waals surface area contributed by atoms with E-state index in [-0.39, 0.29) is 11.5 Å². The summed E-state index contributed by atoms with van der Waals surface area (Å²) in [5.74, 6) is 0.451. The number of hydrogen-bond acceptors (Lipinski definition) is 8. The number of thioether (sulfide) groups is 1. The summed E-state index contributed by atoms with van der Waals surface area (Å²) in [5, 5.41) is 11.7. The molecule has 1 N–H and O–H groups in total. The van der Waals surface area contributed by atoms with E-state index in [1.807, 2.05) is 19.9 Å². The third-order valence-electron chi connectivity index (χ3n) is 5.00. The first-order valence-electron chi connectivity index (χ1n) is 10.6. The molecular formula is C24H23FN6O3S. The van der Waals surface area contributed by atoms with Gasteiger partial charge in [-0.1, -0.05) is 17.0 Å². The van der Waals surface area contributed by atoms with Crippen LogP contribution in [0.3, 0.4) is 0 Å². The molecule has 11 heteroatoms. The van der Waals surface area contributed by atoms with Crippen LogP contribution < -0.4 is 14.8 Å². The summed E-state index contributed by atoms with van der Waals surface area (Å²) in [7, 11) is 3.04. The lowest BCUT2D eigenvalue weighted by Gasteiger charge is -2.12. The second-order valence-electron chi connectivity index (χ2n) is 7.52. The van der Waals surface area contributed by atoms with Gasteiger partial charge in [-0.15, -0.1) is 5.10 Å². The standard InChI is InChI=1S/C24H23FN6O3S/c1-14-11-15(2)27-24(26-14)35-13-20-22(29-30-31(20)17-7-5-16(25)6-8-17)23(32)28-19-12-18(33-3)9-10-21(19)34-4/h5-12H,13H2,1-4H3,(H,28,32). The molecule has 0 aliphatic rings. The van der Waals surface area contributed by atoms with Gasteiger partial charge in [0.1, 0.15) is 17.3 Å². The molecule has 2 heterocycles. The SMILES string of the molecule is COc1ccc(OC)c(NC(=O)c2nnn(-c3ccc(F)cc3)c2CSc2nc(C)cc(C)n2)c1. The van der Waals surface area contributed by atoms with Crippen LogP contribution in [0.2, 0.25) is 0 Å². The largest absolute Gasteiger partial charge is 0.497 e. The van der Waals surface area contributed by atoms with Crippen molar-refractivity contribution in [2.24, 2.45) is 0 Å². The molecule has 0 atom stereocenters. The zero-order valence-corrected chi connectivity index (χ0v) is 20.4. The van der Waals surface area contributed by atoms with Crippen LogP contribution in [0, 0.1) is 19.7 Å². The van der Waals surface area contributed by atoms with Gasteiger partial charge in [0, 0.05) is 23.2 Å². The summed E-state index contributed by atoms with van der Waals surface area (Å²) in [6.07, 6.45) is 0. The van der Waals surface area contributed by atoms with Crippen molar-refractivity contribution in [3.8, 4) is 17.2 Å². The molecule has 4 aromatic rings. The molecule has 0 bridgehead atoms. The zero-order chi connectivity index (χ0) is 24.9. The molecule has 0 unspecified atom stereocenters. The molecule has 0 saturated carbocycles. The van der Waals surface area contributed by atoms with E-state index in [2.05, 4.69) is 25.6 Å². The maximum absolute atomic E-state index is 13.5. The van der Waals surface area contributed by atoms with Gasteiger partial charge in [0.15, 0.2) is 10.9 Å². The molecule has 2 aromatic carbocycles. The quantitative estimate of drug-likeness (QED) is 0.284. The van der Waals surface area contributed by atoms with Gasteiger partial charge >= 0.3 is 0 Å². The summed E-state index contributed by atoms with van der Waals surface area (Å²) >= 11 is 1.35. The minimum atomic E-state index is -0.484. The van der Waals surface area contributed by atoms with Gasteiger partial charge in [0.25, 0.3) is 5.91 Å². The van der Waals surface area contributed by atoms with Gasteiger partial charge < -0.3 is 14.8 Å². The van der Waals surface area contributed by atoms with Crippen molar-refractivity contribution in [3.63, 3.8) is 0 Å². The number of carbonyl (C=O) groups excluding carboxylic acids is 1. The number of rotatable bonds is 8. The molecule has 4 rings (SSSR count). The first-order valence-corrected chi connectivity index (χ1v) is 11.6. The van der Waals surface area contributed by atoms with Crippen LogP contribution in [0.4, 0.5) is 10.1 Å². The van der Waals surface area contributed by atoms with Crippen LogP contribution in [0.15, 0.2) is 53.7 Å². The van der Waals surface area contributed by atoms with E-state index in [0.29, 0.717) is 39.5 Å². The van der Waals surface area contributed by atoms with Gasteiger partial charge in [0.2, 0.25) is 0 Å². The van der Waals surface area contributed by atoms with Crippen LogP contribution in [0.5, 0.6) is 11.5 Å². The van der Waals surface area contributed by atoms with Crippen molar-refractivity contribution in [2.75, 3.05) is 19.5 Å². The smallest absolute Gasteiger partial charge is 0.278 e. The second-order valence-corrected chi connectivity index (χ2v) is 8.46. The summed E-state index contributed by atoms with van der Waals surface area (Å²) < 4.78 is 25.6. The van der Waals surface area contributed by atoms with E-state index in [0.717, 1.165) is 11.4 Å². The number of methoxy groups -OCH3 is 2. The van der Waals surface area contributed by atoms with E-state index in [4.69, 9.17) is 9.47 Å². The number of halogens is 1. The Morgan fingerprint density at radius 1 is 1.03 bits per heavy atom. The summed E-state index contributed by atoms with van der Waals surface area (Å²) in [5.41, 5.74) is 3.28. The lowest BCUT2D eigenvalue weighted by Crippen LogP contribution is -2.16. The number of amides is 1. The number of aromatic nitrogens is 5. The lowest BCUT2D eigenvalue weighted by atomic mass is 10.2. The molecule has 180 valence electrons. The fourth-order valence-corrected chi connectivity index (χ4v) is 4.32. The fraction of sp³-hybridized carbons (Fsp3) is 0.208. The van der Waals surface area contributed by atoms with Crippen molar-refractivity contribution >= 4 is 23.4 Å². The Bertz CT molecular complexity index is 1340. The minimum absolute atomic E-state index is 0.107. The Hall–Kier alpha value is -3.99. The summed E-state index contributed by atoms with van der Waals surface area (Å²) in [6.45, 7) is 3.78. The molecule has 0 aliphatic heterocycles. The average molecular weight is 495 g/mol. The van der Waals surface area contributed by atoms with Gasteiger partial charge in [-0.3, -0.25) is 4.79 Å². The Kier molecular flexibility index (Phi) is 7.25. The number of anilines is 1. The van der Waals surface area contributed by atoms with E-state index in [1.54, 1.807) is 30.3 Å². The van der Waals surface area contributed by atoms with Crippen LogP contribution in [0.25, 0.3) is 5.69 Å². The van der Waals surface area contributed by atoms with Crippen molar-refractivity contribution in [1.82, 2.24) is 25.0 Å². The predicted octanol–water partition coefficient (Wildman–Crippen LogP) is 4.38. The van der Waals surface area contributed by atoms with Gasteiger partial charge in [-0.2, -0.15) is 0 Å². The van der Waals surface area contributed by atoms with Crippen molar-refractivity contribution in [2.45, 2.75) is 24.8 Å². The van der Waals surface area contributed by atoms with Crippen LogP contribution >= 0.6 is 11.8 Å². The van der Waals surface area contributed by atoms with Crippen LogP contribution in [0.1, 0.15) is 27.6 Å². The number of ether oxygens (including phenoxy) is 2. The molecule has 9 nitrogen and oxygen atoms in total. The van der Waals surface area contributed by atoms with Crippen LogP contribution in [-0.4, -0.2) is 45.1 Å². The van der Waals surface area contributed by atoms with E-state index in [9.17, 15) is 9.18 Å². The topological polar surface area (TPSA) is 104 Å². The highest BCUT2D eigenvalue weighted by Crippen LogP contribution is 2.30. The zero-order valence-electron chi connectivity index (χ0n) is 19.6. The van der Waals surface area contributed by atoms with E-state index >= 15 is 0 Å². The minimum Gasteiger partial charge on any atom is -0.497 e. The Morgan fingerprint density at radius 3 is 2.40 bits per heavy atom. The molecule has 0 radical (unpaired) electrons. The van der Waals surface area contributed by atoms with Crippen molar-refractivity contribution in [3.05, 3.63) is 77.1 Å². The number of hydrogen-bond donors (Lipinski definition) is 1. The number of carbonyl (C=O) groups is 1. The molecule has 35 heavy (non-hydrogen) atoms. The predicted molar refractivity (Wildman–Crippen MR) is 130 cm³/mol. The molecule has 0 spiro atoms. The van der Waals surface area contributed by atoms with Crippen molar-refractivity contribution in [1.29, 1.82) is 0 Å². The van der Waals surface area contributed by atoms with Crippen molar-refractivity contribution < 1.29 is 18.7 Å². The number of benzene rings is 2. The normalized spacial score (nSPS) is 10.8. The van der Waals surface area contributed by atoms with Crippen LogP contribution in [-0.2, 0) is 5.75 Å². The van der Waals surface area contributed by atoms with Gasteiger partial charge in [0.05, 0.1) is 31.3 Å². The molecule has 0 saturated heterocycles. The summed E-state index contributed by atoms with van der Waals surface area (Å²) in [6, 6.07) is 12.7. The first kappa shape index (κ1) is 24.1. The van der Waals surface area contributed by atoms with E-state index < -0.39 is 5.91 Å². The number of aryl methyl sites for hydroxylation is 2. The third-order valence-corrected chi connectivity index (χ3v) is 5.86. The fourth-order valence-electron chi connectivity index (χ4n) is 3.38. The maximum atomic E-state index is 13.5.